The predicted octanol–water partition coefficient (Wildman–Crippen LogP) is 4.34. The van der Waals surface area contributed by atoms with Gasteiger partial charge in [0, 0.05) is 22.0 Å². The van der Waals surface area contributed by atoms with Crippen LogP contribution in [0.15, 0.2) is 53.7 Å². The van der Waals surface area contributed by atoms with Gasteiger partial charge in [0.1, 0.15) is 0 Å². The number of aliphatic hydroxyl groups excluding tert-OH is 1. The van der Waals surface area contributed by atoms with Gasteiger partial charge >= 0.3 is 0 Å². The molecule has 3 aromatic rings. The molecule has 0 saturated carbocycles. The molecule has 0 fully saturated rings. The fourth-order valence-corrected chi connectivity index (χ4v) is 3.67. The van der Waals surface area contributed by atoms with Gasteiger partial charge in [-0.05, 0) is 30.3 Å². The first kappa shape index (κ1) is 19.2. The lowest BCUT2D eigenvalue weighted by Crippen LogP contribution is -2.04. The van der Waals surface area contributed by atoms with Crippen LogP contribution in [0.4, 0.5) is 0 Å². The first-order chi connectivity index (χ1) is 12.7. The molecular formula is C18H17Cl2N3O2S. The lowest BCUT2D eigenvalue weighted by molar-refractivity contribution is 0.103. The number of thioether (sulfide) groups is 1. The van der Waals surface area contributed by atoms with Crippen molar-refractivity contribution in [3.63, 3.8) is 0 Å². The van der Waals surface area contributed by atoms with E-state index in [1.807, 2.05) is 41.0 Å². The molecule has 136 valence electrons. The third-order valence-corrected chi connectivity index (χ3v) is 4.96. The first-order valence-corrected chi connectivity index (χ1v) is 9.72. The molecule has 5 nitrogen and oxygen atoms in total. The van der Waals surface area contributed by atoms with Crippen molar-refractivity contribution < 1.29 is 9.84 Å². The van der Waals surface area contributed by atoms with E-state index < -0.39 is 0 Å². The molecule has 0 atom stereocenters. The number of ether oxygens (including phenoxy) is 1. The van der Waals surface area contributed by atoms with Crippen molar-refractivity contribution in [2.24, 2.45) is 0 Å². The highest BCUT2D eigenvalue weighted by Crippen LogP contribution is 2.33. The second-order valence-electron chi connectivity index (χ2n) is 5.29. The van der Waals surface area contributed by atoms with Crippen molar-refractivity contribution in [2.45, 2.75) is 5.16 Å². The summed E-state index contributed by atoms with van der Waals surface area (Å²) in [6, 6.07) is 15.2. The number of nitrogens with zero attached hydrogens (tertiary/aromatic N) is 3. The summed E-state index contributed by atoms with van der Waals surface area (Å²) in [5, 5.41) is 19.3. The van der Waals surface area contributed by atoms with Crippen molar-refractivity contribution in [2.75, 3.05) is 25.6 Å². The lowest BCUT2D eigenvalue weighted by Gasteiger charge is -2.11. The van der Waals surface area contributed by atoms with E-state index in [-0.39, 0.29) is 6.61 Å². The number of halogens is 2. The van der Waals surface area contributed by atoms with E-state index in [2.05, 4.69) is 10.2 Å². The maximum atomic E-state index is 8.77. The molecule has 0 aliphatic carbocycles. The summed E-state index contributed by atoms with van der Waals surface area (Å²) in [7, 11) is 0. The molecule has 1 N–H and O–H groups in total. The number of hydrogen-bond acceptors (Lipinski definition) is 5. The van der Waals surface area contributed by atoms with Gasteiger partial charge in [-0.1, -0.05) is 53.2 Å². The summed E-state index contributed by atoms with van der Waals surface area (Å²) in [6.45, 7) is 0.867. The topological polar surface area (TPSA) is 60.2 Å². The minimum atomic E-state index is 0.0179. The first-order valence-electron chi connectivity index (χ1n) is 7.98. The molecule has 0 unspecified atom stereocenters. The van der Waals surface area contributed by atoms with Crippen molar-refractivity contribution in [3.05, 3.63) is 58.6 Å². The molecule has 0 aliphatic heterocycles. The zero-order chi connectivity index (χ0) is 18.4. The van der Waals surface area contributed by atoms with Crippen LogP contribution in [0.1, 0.15) is 0 Å². The largest absolute Gasteiger partial charge is 0.394 e. The quantitative estimate of drug-likeness (QED) is 0.442. The Bertz CT molecular complexity index is 859. The Morgan fingerprint density at radius 1 is 1.04 bits per heavy atom. The van der Waals surface area contributed by atoms with E-state index in [1.165, 1.54) is 11.8 Å². The Morgan fingerprint density at radius 3 is 2.58 bits per heavy atom. The highest BCUT2D eigenvalue weighted by atomic mass is 35.5. The Morgan fingerprint density at radius 2 is 1.85 bits per heavy atom. The van der Waals surface area contributed by atoms with Gasteiger partial charge in [-0.15, -0.1) is 10.2 Å². The van der Waals surface area contributed by atoms with Crippen molar-refractivity contribution in [1.82, 2.24) is 14.8 Å². The summed E-state index contributed by atoms with van der Waals surface area (Å²) in [5.41, 5.74) is 1.70. The molecule has 8 heteroatoms. The van der Waals surface area contributed by atoms with Gasteiger partial charge in [0.25, 0.3) is 0 Å². The van der Waals surface area contributed by atoms with Gasteiger partial charge in [0.2, 0.25) is 0 Å². The average molecular weight is 410 g/mol. The second-order valence-corrected chi connectivity index (χ2v) is 7.19. The van der Waals surface area contributed by atoms with Crippen LogP contribution in [-0.4, -0.2) is 45.4 Å². The molecule has 0 spiro atoms. The van der Waals surface area contributed by atoms with Crippen LogP contribution >= 0.6 is 35.0 Å². The van der Waals surface area contributed by atoms with Crippen molar-refractivity contribution in [1.29, 1.82) is 0 Å². The van der Waals surface area contributed by atoms with E-state index in [1.54, 1.807) is 12.1 Å². The Hall–Kier alpha value is -1.57. The fourth-order valence-electron chi connectivity index (χ4n) is 2.38. The van der Waals surface area contributed by atoms with Gasteiger partial charge in [0.05, 0.1) is 24.8 Å². The molecule has 0 bridgehead atoms. The van der Waals surface area contributed by atoms with Gasteiger partial charge in [-0.3, -0.25) is 4.57 Å². The van der Waals surface area contributed by atoms with Gasteiger partial charge in [-0.25, -0.2) is 0 Å². The smallest absolute Gasteiger partial charge is 0.196 e. The van der Waals surface area contributed by atoms with Crippen LogP contribution < -0.4 is 0 Å². The Balaban J connectivity index is 1.94. The zero-order valence-corrected chi connectivity index (χ0v) is 16.1. The monoisotopic (exact) mass is 409 g/mol. The van der Waals surface area contributed by atoms with E-state index >= 15 is 0 Å². The van der Waals surface area contributed by atoms with Crippen LogP contribution in [-0.2, 0) is 4.74 Å². The molecule has 2 aromatic carbocycles. The zero-order valence-electron chi connectivity index (χ0n) is 13.8. The second kappa shape index (κ2) is 9.39. The van der Waals surface area contributed by atoms with Crippen LogP contribution in [0, 0.1) is 0 Å². The SMILES string of the molecule is OCCOCCSc1nnc(-c2ccc(Cl)cc2Cl)n1-c1ccccc1. The number of aliphatic hydroxyl groups is 1. The maximum absolute atomic E-state index is 8.77. The third kappa shape index (κ3) is 4.58. The summed E-state index contributed by atoms with van der Waals surface area (Å²) < 4.78 is 7.27. The molecular weight excluding hydrogens is 393 g/mol. The highest BCUT2D eigenvalue weighted by Gasteiger charge is 2.18. The summed E-state index contributed by atoms with van der Waals surface area (Å²) in [6.07, 6.45) is 0. The van der Waals surface area contributed by atoms with Crippen LogP contribution in [0.3, 0.4) is 0 Å². The Labute approximate surface area is 165 Å². The summed E-state index contributed by atoms with van der Waals surface area (Å²) in [4.78, 5) is 0. The number of rotatable bonds is 8. The summed E-state index contributed by atoms with van der Waals surface area (Å²) >= 11 is 13.9. The molecule has 0 aliphatic rings. The van der Waals surface area contributed by atoms with Crippen molar-refractivity contribution in [3.8, 4) is 17.1 Å². The lowest BCUT2D eigenvalue weighted by atomic mass is 10.2. The molecule has 1 heterocycles. The fraction of sp³-hybridized carbons (Fsp3) is 0.222. The molecule has 0 amide bonds. The average Bonchev–Trinajstić information content (AvgIpc) is 3.06. The van der Waals surface area contributed by atoms with Gasteiger partial charge in [-0.2, -0.15) is 0 Å². The molecule has 1 aromatic heterocycles. The maximum Gasteiger partial charge on any atom is 0.196 e. The van der Waals surface area contributed by atoms with E-state index in [0.29, 0.717) is 34.8 Å². The molecule has 0 saturated heterocycles. The van der Waals surface area contributed by atoms with E-state index in [4.69, 9.17) is 33.0 Å². The van der Waals surface area contributed by atoms with Gasteiger partial charge < -0.3 is 9.84 Å². The normalized spacial score (nSPS) is 11.0. The van der Waals surface area contributed by atoms with Crippen LogP contribution in [0.5, 0.6) is 0 Å². The van der Waals surface area contributed by atoms with Crippen LogP contribution in [0.25, 0.3) is 17.1 Å². The number of hydrogen-bond donors (Lipinski definition) is 1. The van der Waals surface area contributed by atoms with Crippen LogP contribution in [0.2, 0.25) is 10.0 Å². The standard InChI is InChI=1S/C18H17Cl2N3O2S/c19-13-6-7-15(16(20)12-13)17-21-22-18(26-11-10-25-9-8-24)23(17)14-4-2-1-3-5-14/h1-7,12,24H,8-11H2. The molecule has 0 radical (unpaired) electrons. The number of benzene rings is 2. The highest BCUT2D eigenvalue weighted by molar-refractivity contribution is 7.99. The number of aromatic nitrogens is 3. The van der Waals surface area contributed by atoms with Crippen molar-refractivity contribution >= 4 is 35.0 Å². The third-order valence-electron chi connectivity index (χ3n) is 3.51. The van der Waals surface area contributed by atoms with E-state index in [9.17, 15) is 0 Å². The van der Waals surface area contributed by atoms with Gasteiger partial charge in [0.15, 0.2) is 11.0 Å². The molecule has 26 heavy (non-hydrogen) atoms. The molecule has 3 rings (SSSR count). The minimum absolute atomic E-state index is 0.0179. The number of para-hydroxylation sites is 1. The minimum Gasteiger partial charge on any atom is -0.394 e. The predicted molar refractivity (Wildman–Crippen MR) is 105 cm³/mol. The van der Waals surface area contributed by atoms with E-state index in [0.717, 1.165) is 16.4 Å². The Kier molecular flexibility index (Phi) is 6.93. The summed E-state index contributed by atoms with van der Waals surface area (Å²) in [5.74, 6) is 1.34.